The molecule has 6 saturated heterocycles. The van der Waals surface area contributed by atoms with Crippen LogP contribution in [0.4, 0.5) is 38.2 Å². The molecule has 706 valence electrons. The number of rotatable bonds is 25. The average molecular weight is 1840 g/mol. The maximum absolute atomic E-state index is 13.5. The van der Waals surface area contributed by atoms with Crippen molar-refractivity contribution in [2.24, 2.45) is 23.7 Å². The number of halogens is 6. The normalized spacial score (nSPS) is 22.4. The number of imidazole rings is 2. The molecule has 31 nitrogen and oxygen atoms in total. The van der Waals surface area contributed by atoms with Crippen LogP contribution in [0.25, 0.3) is 22.1 Å². The SMILES string of the molecule is O=C(Nc1nc2cc(CN3CCN(CC4CCNCC4)CC3)ccc2n1C1CCC(CO)CC1)c1cccc(C(F)(F)F)c1.O=C1CCC(N2C(=O)c3ccc(OCCN4CCC(CN5CCN(Cc6ccc7c(c6)nc(NC(=O)c6cccc(C(F)(F)F)c6)n7C6CCC(CO)CC6)CC5)CC4)cc3C2=O)C(=O)N1.O=CCOc1ccc2c(c1)C(=O)N(C1CCC(=O)NC1=O)C2=O. The molecule has 0 radical (unpaired) electrons. The summed E-state index contributed by atoms with van der Waals surface area (Å²) in [5, 5.41) is 32.8. The van der Waals surface area contributed by atoms with Crippen molar-refractivity contribution in [3.05, 3.63) is 177 Å². The second-order valence-corrected chi connectivity index (χ2v) is 36.3. The van der Waals surface area contributed by atoms with E-state index in [1.54, 1.807) is 18.2 Å². The first-order valence-electron chi connectivity index (χ1n) is 46.0. The zero-order valence-electron chi connectivity index (χ0n) is 73.8. The zero-order chi connectivity index (χ0) is 93.4. The number of imide groups is 4. The Morgan fingerprint density at radius 1 is 0.444 bits per heavy atom. The van der Waals surface area contributed by atoms with Crippen molar-refractivity contribution in [2.75, 3.05) is 135 Å². The van der Waals surface area contributed by atoms with Gasteiger partial charge in [0.2, 0.25) is 35.5 Å². The van der Waals surface area contributed by atoms with Crippen molar-refractivity contribution < 1.29 is 98.8 Å². The van der Waals surface area contributed by atoms with Gasteiger partial charge in [-0.1, -0.05) is 24.3 Å². The summed E-state index contributed by atoms with van der Waals surface area (Å²) < 4.78 is 95.5. The van der Waals surface area contributed by atoms with Crippen LogP contribution in [-0.2, 0) is 49.4 Å². The Hall–Kier alpha value is -11.7. The van der Waals surface area contributed by atoms with Crippen LogP contribution < -0.4 is 36.1 Å². The third kappa shape index (κ3) is 22.4. The summed E-state index contributed by atoms with van der Waals surface area (Å²) in [6, 6.07) is 28.4. The zero-order valence-corrected chi connectivity index (χ0v) is 73.8. The van der Waals surface area contributed by atoms with E-state index in [1.807, 2.05) is 21.3 Å². The number of amides is 10. The van der Waals surface area contributed by atoms with Gasteiger partial charge in [0.15, 0.2) is 6.29 Å². The number of aliphatic hydroxyl groups is 2. The number of benzene rings is 6. The van der Waals surface area contributed by atoms with Crippen molar-refractivity contribution in [2.45, 2.75) is 152 Å². The fourth-order valence-electron chi connectivity index (χ4n) is 20.1. The first-order valence-corrected chi connectivity index (χ1v) is 46.0. The van der Waals surface area contributed by atoms with Gasteiger partial charge in [-0.25, -0.2) is 9.97 Å². The maximum Gasteiger partial charge on any atom is 0.416 e. The van der Waals surface area contributed by atoms with Gasteiger partial charge in [-0.2, -0.15) is 26.3 Å². The van der Waals surface area contributed by atoms with Crippen LogP contribution in [0.2, 0.25) is 0 Å². The fraction of sp³-hybridized carbons (Fsp3) is 0.490. The summed E-state index contributed by atoms with van der Waals surface area (Å²) >= 11 is 0. The molecule has 10 heterocycles. The highest BCUT2D eigenvalue weighted by atomic mass is 19.4. The minimum Gasteiger partial charge on any atom is -0.492 e. The highest BCUT2D eigenvalue weighted by Gasteiger charge is 2.47. The number of aromatic nitrogens is 4. The Morgan fingerprint density at radius 2 is 0.857 bits per heavy atom. The monoisotopic (exact) mass is 1840 g/mol. The van der Waals surface area contributed by atoms with Gasteiger partial charge in [0.1, 0.15) is 36.8 Å². The van der Waals surface area contributed by atoms with E-state index in [9.17, 15) is 89.3 Å². The number of piperidine rings is 4. The molecule has 10 aliphatic rings. The van der Waals surface area contributed by atoms with E-state index in [-0.39, 0.29) is 109 Å². The number of ether oxygens (including phenoxy) is 2. The van der Waals surface area contributed by atoms with Crippen LogP contribution in [0.3, 0.4) is 0 Å². The van der Waals surface area contributed by atoms with Crippen molar-refractivity contribution in [3.63, 3.8) is 0 Å². The number of likely N-dealkylation sites (tertiary alicyclic amines) is 1. The number of piperazine rings is 2. The number of nitrogens with zero attached hydrogens (tertiary/aromatic N) is 11. The van der Waals surface area contributed by atoms with Gasteiger partial charge in [-0.15, -0.1) is 0 Å². The van der Waals surface area contributed by atoms with Crippen LogP contribution in [0.5, 0.6) is 11.5 Å². The van der Waals surface area contributed by atoms with Crippen LogP contribution in [0, 0.1) is 23.7 Å². The molecule has 2 aromatic heterocycles. The molecular weight excluding hydrogens is 1730 g/mol. The third-order valence-corrected chi connectivity index (χ3v) is 27.5. The quantitative estimate of drug-likeness (QED) is 0.0159. The lowest BCUT2D eigenvalue weighted by molar-refractivity contribution is -0.138. The summed E-state index contributed by atoms with van der Waals surface area (Å²) in [5.41, 5.74) is 4.24. The molecule has 133 heavy (non-hydrogen) atoms. The van der Waals surface area contributed by atoms with Crippen LogP contribution in [-0.4, -0.2) is 266 Å². The fourth-order valence-corrected chi connectivity index (χ4v) is 20.1. The summed E-state index contributed by atoms with van der Waals surface area (Å²) in [7, 11) is 0. The summed E-state index contributed by atoms with van der Waals surface area (Å²) in [4.78, 5) is 159. The Labute approximate surface area is 763 Å². The molecule has 8 fully saturated rings. The van der Waals surface area contributed by atoms with Gasteiger partial charge in [0, 0.05) is 134 Å². The molecule has 10 amide bonds. The topological polar surface area (TPSA) is 365 Å². The molecule has 6 aromatic carbocycles. The van der Waals surface area contributed by atoms with E-state index in [0.717, 1.165) is 237 Å². The number of anilines is 2. The van der Waals surface area contributed by atoms with Gasteiger partial charge in [-0.05, 0) is 248 Å². The van der Waals surface area contributed by atoms with Gasteiger partial charge >= 0.3 is 12.4 Å². The van der Waals surface area contributed by atoms with E-state index in [4.69, 9.17) is 19.4 Å². The van der Waals surface area contributed by atoms with E-state index in [1.165, 1.54) is 61.9 Å². The minimum atomic E-state index is -4.57. The number of alkyl halides is 6. The summed E-state index contributed by atoms with van der Waals surface area (Å²) in [5.74, 6) is -2.44. The number of hydrogen-bond acceptors (Lipinski definition) is 23. The molecule has 2 unspecified atom stereocenters. The lowest BCUT2D eigenvalue weighted by Gasteiger charge is -2.39. The largest absolute Gasteiger partial charge is 0.492 e. The number of aldehydes is 1. The van der Waals surface area contributed by atoms with Gasteiger partial charge < -0.3 is 43.9 Å². The first-order chi connectivity index (χ1) is 64.1. The number of nitrogens with one attached hydrogen (secondary N) is 5. The lowest BCUT2D eigenvalue weighted by Crippen LogP contribution is -2.54. The lowest BCUT2D eigenvalue weighted by atomic mass is 9.86. The second kappa shape index (κ2) is 41.8. The van der Waals surface area contributed by atoms with Crippen LogP contribution >= 0.6 is 0 Å². The van der Waals surface area contributed by atoms with E-state index < -0.39 is 94.6 Å². The van der Waals surface area contributed by atoms with Crippen LogP contribution in [0.1, 0.15) is 199 Å². The van der Waals surface area contributed by atoms with Gasteiger partial charge in [0.25, 0.3) is 35.4 Å². The Morgan fingerprint density at radius 3 is 1.27 bits per heavy atom. The highest BCUT2D eigenvalue weighted by molar-refractivity contribution is 6.25. The molecule has 0 bridgehead atoms. The van der Waals surface area contributed by atoms with Crippen LogP contribution in [0.15, 0.2) is 121 Å². The Balaban J connectivity index is 0.000000164. The molecule has 2 atom stereocenters. The first kappa shape index (κ1) is 94.5. The average Bonchev–Trinajstić information content (AvgIpc) is 1.61. The maximum atomic E-state index is 13.5. The molecular formula is C96H110F6N16O15. The molecule has 0 spiro atoms. The van der Waals surface area contributed by atoms with Crippen molar-refractivity contribution in [1.29, 1.82) is 0 Å². The molecule has 7 N–H and O–H groups in total. The van der Waals surface area contributed by atoms with Crippen molar-refractivity contribution in [3.8, 4) is 11.5 Å². The van der Waals surface area contributed by atoms with E-state index in [0.29, 0.717) is 42.0 Å². The summed E-state index contributed by atoms with van der Waals surface area (Å²) in [6.07, 6.45) is 3.10. The standard InChI is InChI=1S/C48H55F3N8O7.C33H43F3N6O2.C15H12N2O6/c49-48(50,51)34-3-1-2-33(25-34)43(62)54-47-52-39-24-32(6-11-40(39)58(47)35-7-4-31(29-60)5-8-35)28-57-20-18-56(19-21-57)27-30-14-16-55(17-15-30)22-23-66-36-9-10-37-38(26-36)46(65)59(45(37)64)41-12-13-42(61)53-44(41)63;34-33(35,36)27-3-1-2-26(19-27)31(44)39-32-38-29-18-25(6-9-30(29)42(32)28-7-4-24(22-43)5-8-28)21-41-16-14-40(15-17-41)20-23-10-12-37-13-11-23;18-5-6-23-8-1-2-9-10(7-8)15(22)17(14(9)21)11-3-4-12(19)16-13(11)20/h1-3,6,9-11,24-26,30-31,35,41,60H,4-5,7-8,12-23,27-29H2,(H,52,54,62)(H,53,61,63);1-3,6,9,18-19,23-24,28,37,43H,4-5,7-8,10-17,20-22H2,(H,38,39,44);1-2,5,7,11H,3-4,6H2,(H,16,19,20). The smallest absolute Gasteiger partial charge is 0.416 e. The number of carbonyl (C=O) groups excluding carboxylic acids is 11. The molecule has 2 saturated carbocycles. The highest BCUT2D eigenvalue weighted by Crippen LogP contribution is 2.42. The molecule has 18 rings (SSSR count). The minimum absolute atomic E-state index is 0.0176. The molecule has 8 aromatic rings. The predicted molar refractivity (Wildman–Crippen MR) is 476 cm³/mol. The van der Waals surface area contributed by atoms with Crippen molar-refractivity contribution >= 4 is 99.3 Å². The number of aliphatic hydroxyl groups excluding tert-OH is 2. The van der Waals surface area contributed by atoms with Crippen molar-refractivity contribution in [1.82, 2.24) is 69.4 Å². The molecule has 8 aliphatic heterocycles. The summed E-state index contributed by atoms with van der Waals surface area (Å²) in [6.45, 7) is 17.2. The van der Waals surface area contributed by atoms with E-state index >= 15 is 0 Å². The Bertz CT molecular complexity index is 5660. The number of fused-ring (bicyclic) bond motifs is 4. The van der Waals surface area contributed by atoms with Gasteiger partial charge in [0.05, 0.1) is 55.4 Å². The van der Waals surface area contributed by atoms with Gasteiger partial charge in [-0.3, -0.25) is 98.5 Å². The van der Waals surface area contributed by atoms with E-state index in [2.05, 4.69) is 75.3 Å². The molecule has 2 aliphatic carbocycles. The predicted octanol–water partition coefficient (Wildman–Crippen LogP) is 10.2. The number of hydrogen-bond donors (Lipinski definition) is 7. The number of carbonyl (C=O) groups is 11. The third-order valence-electron chi connectivity index (χ3n) is 27.5. The second-order valence-electron chi connectivity index (χ2n) is 36.3. The Kier molecular flexibility index (Phi) is 29.7. The molecule has 37 heteroatoms.